The van der Waals surface area contributed by atoms with E-state index in [2.05, 4.69) is 29.9 Å². The average molecular weight is 1150 g/mol. The summed E-state index contributed by atoms with van der Waals surface area (Å²) in [6.07, 6.45) is 2.09. The predicted octanol–water partition coefficient (Wildman–Crippen LogP) is 6.91. The molecule has 0 aliphatic carbocycles. The molecule has 4 aromatic heterocycles. The second-order valence-electron chi connectivity index (χ2n) is 18.8. The molecule has 0 bridgehead atoms. The van der Waals surface area contributed by atoms with E-state index >= 15 is 18.0 Å². The van der Waals surface area contributed by atoms with Crippen LogP contribution in [0.1, 0.15) is 82.0 Å². The number of anilines is 4. The third-order valence-electron chi connectivity index (χ3n) is 13.4. The Morgan fingerprint density at radius 2 is 1.01 bits per heavy atom. The van der Waals surface area contributed by atoms with Crippen molar-refractivity contribution in [2.45, 2.75) is 87.4 Å². The third kappa shape index (κ3) is 13.1. The van der Waals surface area contributed by atoms with Crippen LogP contribution in [-0.2, 0) is 33.1 Å². The molecule has 6 aromatic rings. The van der Waals surface area contributed by atoms with Gasteiger partial charge in [0.25, 0.3) is 31.9 Å². The van der Waals surface area contributed by atoms with E-state index < -0.39 is 90.8 Å². The van der Waals surface area contributed by atoms with Crippen LogP contribution in [0.15, 0.2) is 95.5 Å². The average Bonchev–Trinajstić information content (AvgIpc) is 3.76. The van der Waals surface area contributed by atoms with Crippen molar-refractivity contribution >= 4 is 54.9 Å². The number of primary sulfonamides is 1. The van der Waals surface area contributed by atoms with E-state index in [1.807, 2.05) is 0 Å². The van der Waals surface area contributed by atoms with Crippen LogP contribution in [0, 0.1) is 13.8 Å². The fourth-order valence-corrected chi connectivity index (χ4v) is 11.0. The normalized spacial score (nSPS) is 15.6. The molecule has 0 radical (unpaired) electrons. The highest BCUT2D eigenvalue weighted by Gasteiger charge is 2.40. The molecule has 6 heterocycles. The predicted molar refractivity (Wildman–Crippen MR) is 285 cm³/mol. The van der Waals surface area contributed by atoms with Gasteiger partial charge in [-0.3, -0.25) is 9.59 Å². The Morgan fingerprint density at radius 3 is 1.43 bits per heavy atom. The number of ether oxygens (including phenoxy) is 4. The van der Waals surface area contributed by atoms with Gasteiger partial charge in [0.05, 0.1) is 39.8 Å². The van der Waals surface area contributed by atoms with Crippen molar-refractivity contribution in [3.63, 3.8) is 0 Å². The van der Waals surface area contributed by atoms with E-state index in [9.17, 15) is 26.0 Å². The number of rotatable bonds is 17. The lowest BCUT2D eigenvalue weighted by atomic mass is 10.1. The van der Waals surface area contributed by atoms with Gasteiger partial charge in [0.1, 0.15) is 57.4 Å². The van der Waals surface area contributed by atoms with E-state index in [1.165, 1.54) is 58.2 Å². The SMILES string of the molecule is COc1ccc(CN(Cc2ccc(OC)cc2OC)S(=O)(=O)c2cc(N(C(=O)c3cnc(C)nc3N3CCCC(F)(F)CC3)N(C(=O)c3cnc(C)nc3N3CCCC(F)(F)CC3)c3ccnc(S(N)(=O)=O)c3)ccn2)c(OC)c1. The number of methoxy groups -OCH3 is 4. The number of pyridine rings is 2. The Kier molecular flexibility index (Phi) is 17.4. The number of nitrogens with two attached hydrogens (primary N) is 1. The second-order valence-corrected chi connectivity index (χ2v) is 22.2. The van der Waals surface area contributed by atoms with E-state index in [0.29, 0.717) is 32.6 Å². The second kappa shape index (κ2) is 23.9. The molecular formula is C52H58F4N12O10S2. The van der Waals surface area contributed by atoms with Crippen molar-refractivity contribution in [2.24, 2.45) is 5.14 Å². The lowest BCUT2D eigenvalue weighted by Gasteiger charge is -2.36. The largest absolute Gasteiger partial charge is 0.497 e. The molecule has 80 heavy (non-hydrogen) atoms. The van der Waals surface area contributed by atoms with Gasteiger partial charge in [-0.05, 0) is 51.0 Å². The fraction of sp³-hybridized carbons (Fsp3) is 0.385. The summed E-state index contributed by atoms with van der Waals surface area (Å²) in [6, 6.07) is 13.8. The van der Waals surface area contributed by atoms with Gasteiger partial charge in [-0.1, -0.05) is 12.1 Å². The van der Waals surface area contributed by atoms with Crippen LogP contribution in [-0.4, -0.2) is 129 Å². The monoisotopic (exact) mass is 1150 g/mol. The van der Waals surface area contributed by atoms with Gasteiger partial charge in [-0.2, -0.15) is 4.31 Å². The number of hydrogen-bond acceptors (Lipinski definition) is 18. The van der Waals surface area contributed by atoms with E-state index in [4.69, 9.17) is 24.1 Å². The standard InChI is InChI=1S/C52H58F4N12O10S2/c1-33-60-29-41(47(62-33)64-21-7-15-51(53,54)17-23-64)49(69)67(37-13-19-58-45(25-37)79(57,71)72)68(50(70)42-30-61-34(2)63-48(42)65-22-8-16-52(55,56)18-24-65)38-14-20-59-46(26-38)80(73,74)66(31-35-9-11-39(75-3)27-43(35)77-5)32-36-10-12-40(76-4)28-44(36)78-6/h9-14,19-20,25-30H,7-8,15-18,21-24,31-32H2,1-6H3,(H2,57,71,72). The highest BCUT2D eigenvalue weighted by Crippen LogP contribution is 2.38. The molecule has 0 saturated carbocycles. The zero-order valence-electron chi connectivity index (χ0n) is 44.5. The number of hydrazine groups is 1. The number of aromatic nitrogens is 6. The van der Waals surface area contributed by atoms with Crippen molar-refractivity contribution in [1.82, 2.24) is 34.2 Å². The maximum Gasteiger partial charge on any atom is 0.282 e. The molecule has 22 nitrogen and oxygen atoms in total. The van der Waals surface area contributed by atoms with Crippen molar-refractivity contribution in [2.75, 3.05) is 74.4 Å². The molecule has 28 heteroatoms. The van der Waals surface area contributed by atoms with Gasteiger partial charge in [0.15, 0.2) is 10.1 Å². The van der Waals surface area contributed by atoms with E-state index in [0.717, 1.165) is 47.3 Å². The minimum atomic E-state index is -4.89. The summed E-state index contributed by atoms with van der Waals surface area (Å²) in [5.74, 6) is -7.13. The van der Waals surface area contributed by atoms with E-state index in [1.54, 1.807) is 36.4 Å². The Hall–Kier alpha value is -7.82. The van der Waals surface area contributed by atoms with Crippen LogP contribution < -0.4 is 43.9 Å². The van der Waals surface area contributed by atoms with Gasteiger partial charge in [0, 0.05) is 125 Å². The summed E-state index contributed by atoms with van der Waals surface area (Å²) in [7, 11) is -3.87. The first kappa shape index (κ1) is 58.3. The number of benzene rings is 2. The quantitative estimate of drug-likeness (QED) is 0.0719. The number of halogens is 4. The molecule has 2 amide bonds. The van der Waals surface area contributed by atoms with Crippen LogP contribution in [0.25, 0.3) is 0 Å². The lowest BCUT2D eigenvalue weighted by Crippen LogP contribution is -2.52. The topological polar surface area (TPSA) is 259 Å². The van der Waals surface area contributed by atoms with Crippen LogP contribution in [0.3, 0.4) is 0 Å². The Bertz CT molecular complexity index is 3460. The first-order chi connectivity index (χ1) is 37.9. The van der Waals surface area contributed by atoms with Crippen LogP contribution in [0.4, 0.5) is 40.6 Å². The van der Waals surface area contributed by atoms with Gasteiger partial charge >= 0.3 is 0 Å². The van der Waals surface area contributed by atoms with E-state index in [-0.39, 0.29) is 98.0 Å². The Morgan fingerprint density at radius 1 is 0.588 bits per heavy atom. The Labute approximate surface area is 459 Å². The molecule has 2 aliphatic heterocycles. The summed E-state index contributed by atoms with van der Waals surface area (Å²) in [5.41, 5.74) is -0.831. The first-order valence-electron chi connectivity index (χ1n) is 24.9. The van der Waals surface area contributed by atoms with Crippen molar-refractivity contribution in [3.05, 3.63) is 119 Å². The molecule has 0 spiro atoms. The van der Waals surface area contributed by atoms with Gasteiger partial charge in [-0.15, -0.1) is 0 Å². The molecule has 2 aliphatic rings. The molecule has 2 aromatic carbocycles. The molecule has 2 fully saturated rings. The molecule has 2 saturated heterocycles. The van der Waals surface area contributed by atoms with Crippen LogP contribution >= 0.6 is 0 Å². The van der Waals surface area contributed by atoms with Gasteiger partial charge in [0.2, 0.25) is 11.8 Å². The third-order valence-corrected chi connectivity index (χ3v) is 15.9. The minimum Gasteiger partial charge on any atom is -0.497 e. The minimum absolute atomic E-state index is 0.00142. The molecule has 8 rings (SSSR count). The number of hydrogen-bond donors (Lipinski definition) is 1. The molecule has 426 valence electrons. The summed E-state index contributed by atoms with van der Waals surface area (Å²) < 4.78 is 140. The zero-order valence-corrected chi connectivity index (χ0v) is 46.1. The lowest BCUT2D eigenvalue weighted by molar-refractivity contribution is -0.0109. The highest BCUT2D eigenvalue weighted by atomic mass is 32.2. The number of carbonyl (C=O) groups is 2. The number of amides is 2. The summed E-state index contributed by atoms with van der Waals surface area (Å²) in [5, 5.41) is 5.52. The number of nitrogens with zero attached hydrogens (tertiary/aromatic N) is 11. The fourth-order valence-electron chi connectivity index (χ4n) is 9.19. The Balaban J connectivity index is 1.38. The maximum absolute atomic E-state index is 16.1. The number of alkyl halides is 4. The van der Waals surface area contributed by atoms with Crippen molar-refractivity contribution in [1.29, 1.82) is 0 Å². The molecule has 2 N–H and O–H groups in total. The van der Waals surface area contributed by atoms with Crippen LogP contribution in [0.2, 0.25) is 0 Å². The highest BCUT2D eigenvalue weighted by molar-refractivity contribution is 7.89. The summed E-state index contributed by atoms with van der Waals surface area (Å²) >= 11 is 0. The van der Waals surface area contributed by atoms with Crippen molar-refractivity contribution in [3.8, 4) is 23.0 Å². The number of sulfonamides is 2. The zero-order chi connectivity index (χ0) is 57.7. The van der Waals surface area contributed by atoms with Crippen molar-refractivity contribution < 1.29 is 62.9 Å². The molecule has 0 unspecified atom stereocenters. The smallest absolute Gasteiger partial charge is 0.282 e. The number of aryl methyl sites for hydroxylation is 2. The van der Waals surface area contributed by atoms with Gasteiger partial charge in [-0.25, -0.2) is 79.5 Å². The van der Waals surface area contributed by atoms with Crippen LogP contribution in [0.5, 0.6) is 23.0 Å². The summed E-state index contributed by atoms with van der Waals surface area (Å²) in [4.78, 5) is 60.9. The summed E-state index contributed by atoms with van der Waals surface area (Å²) in [6.45, 7) is 1.74. The number of carbonyl (C=O) groups excluding carboxylic acids is 2. The first-order valence-corrected chi connectivity index (χ1v) is 27.9. The molecular weight excluding hydrogens is 1090 g/mol. The maximum atomic E-state index is 16.1. The molecule has 0 atom stereocenters. The van der Waals surface area contributed by atoms with Gasteiger partial charge < -0.3 is 28.7 Å².